The van der Waals surface area contributed by atoms with Crippen molar-refractivity contribution >= 4 is 27.3 Å². The standard InChI is InChI=1S/C15H17NO5S2/c1-20-11-5-7-12(8-6-11)23(18,19)16-13(10-15(17)21-2)14-4-3-9-22-14/h3-9,13,16H,10H2,1-2H3. The van der Waals surface area contributed by atoms with Crippen LogP contribution in [0.5, 0.6) is 5.75 Å². The summed E-state index contributed by atoms with van der Waals surface area (Å²) in [6.07, 6.45) is -0.0770. The summed E-state index contributed by atoms with van der Waals surface area (Å²) >= 11 is 1.37. The fourth-order valence-electron chi connectivity index (χ4n) is 1.95. The SMILES string of the molecule is COC(=O)CC(NS(=O)(=O)c1ccc(OC)cc1)c1cccs1. The summed E-state index contributed by atoms with van der Waals surface area (Å²) < 4.78 is 37.2. The van der Waals surface area contributed by atoms with Crippen molar-refractivity contribution in [2.75, 3.05) is 14.2 Å². The Morgan fingerprint density at radius 1 is 1.22 bits per heavy atom. The Morgan fingerprint density at radius 3 is 2.43 bits per heavy atom. The van der Waals surface area contributed by atoms with Gasteiger partial charge in [0.1, 0.15) is 5.75 Å². The van der Waals surface area contributed by atoms with Crippen molar-refractivity contribution in [1.29, 1.82) is 0 Å². The zero-order valence-corrected chi connectivity index (χ0v) is 14.3. The summed E-state index contributed by atoms with van der Waals surface area (Å²) in [5.41, 5.74) is 0. The van der Waals surface area contributed by atoms with Crippen molar-refractivity contribution in [1.82, 2.24) is 4.72 Å². The van der Waals surface area contributed by atoms with E-state index in [1.54, 1.807) is 24.3 Å². The molecule has 1 heterocycles. The van der Waals surface area contributed by atoms with Gasteiger partial charge in [-0.3, -0.25) is 4.79 Å². The van der Waals surface area contributed by atoms with Crippen LogP contribution in [0.15, 0.2) is 46.7 Å². The average Bonchev–Trinajstić information content (AvgIpc) is 3.08. The first-order valence-electron chi connectivity index (χ1n) is 6.73. The van der Waals surface area contributed by atoms with Crippen molar-refractivity contribution in [3.8, 4) is 5.75 Å². The third-order valence-corrected chi connectivity index (χ3v) is 5.63. The number of hydrogen-bond donors (Lipinski definition) is 1. The van der Waals surface area contributed by atoms with E-state index in [2.05, 4.69) is 9.46 Å². The van der Waals surface area contributed by atoms with E-state index in [1.807, 2.05) is 5.38 Å². The molecular weight excluding hydrogens is 338 g/mol. The predicted octanol–water partition coefficient (Wildman–Crippen LogP) is 2.34. The van der Waals surface area contributed by atoms with E-state index < -0.39 is 22.0 Å². The number of nitrogens with one attached hydrogen (secondary N) is 1. The summed E-state index contributed by atoms with van der Waals surface area (Å²) in [6.45, 7) is 0. The van der Waals surface area contributed by atoms with Crippen LogP contribution >= 0.6 is 11.3 Å². The smallest absolute Gasteiger partial charge is 0.307 e. The van der Waals surface area contributed by atoms with Gasteiger partial charge in [-0.15, -0.1) is 11.3 Å². The molecule has 6 nitrogen and oxygen atoms in total. The Balaban J connectivity index is 2.24. The van der Waals surface area contributed by atoms with Gasteiger partial charge < -0.3 is 9.47 Å². The molecule has 0 amide bonds. The monoisotopic (exact) mass is 355 g/mol. The Kier molecular flexibility index (Phi) is 5.75. The molecule has 2 rings (SSSR count). The summed E-state index contributed by atoms with van der Waals surface area (Å²) in [7, 11) is -0.996. The lowest BCUT2D eigenvalue weighted by Gasteiger charge is -2.16. The number of sulfonamides is 1. The van der Waals surface area contributed by atoms with Gasteiger partial charge in [0.05, 0.1) is 31.6 Å². The van der Waals surface area contributed by atoms with E-state index in [0.29, 0.717) is 5.75 Å². The van der Waals surface area contributed by atoms with Gasteiger partial charge in [0.15, 0.2) is 0 Å². The van der Waals surface area contributed by atoms with E-state index in [4.69, 9.17) is 4.74 Å². The zero-order valence-electron chi connectivity index (χ0n) is 12.7. The van der Waals surface area contributed by atoms with Crippen LogP contribution in [0.4, 0.5) is 0 Å². The number of methoxy groups -OCH3 is 2. The largest absolute Gasteiger partial charge is 0.497 e. The zero-order chi connectivity index (χ0) is 16.9. The van der Waals surface area contributed by atoms with Crippen molar-refractivity contribution in [3.63, 3.8) is 0 Å². The molecule has 124 valence electrons. The minimum atomic E-state index is -3.77. The normalized spacial score (nSPS) is 12.6. The highest BCUT2D eigenvalue weighted by atomic mass is 32.2. The maximum atomic E-state index is 12.5. The van der Waals surface area contributed by atoms with E-state index in [9.17, 15) is 13.2 Å². The molecule has 0 aliphatic heterocycles. The van der Waals surface area contributed by atoms with Crippen LogP contribution < -0.4 is 9.46 Å². The molecular formula is C15H17NO5S2. The molecule has 1 aromatic heterocycles. The number of ether oxygens (including phenoxy) is 2. The first kappa shape index (κ1) is 17.5. The lowest BCUT2D eigenvalue weighted by molar-refractivity contribution is -0.141. The molecule has 2 aromatic rings. The molecule has 0 spiro atoms. The third kappa shape index (κ3) is 4.54. The van der Waals surface area contributed by atoms with Gasteiger partial charge in [-0.25, -0.2) is 13.1 Å². The first-order chi connectivity index (χ1) is 11.0. The lowest BCUT2D eigenvalue weighted by atomic mass is 10.2. The summed E-state index contributed by atoms with van der Waals surface area (Å²) in [5, 5.41) is 1.82. The second kappa shape index (κ2) is 7.58. The van der Waals surface area contributed by atoms with Crippen LogP contribution in [0.1, 0.15) is 17.3 Å². The summed E-state index contributed by atoms with van der Waals surface area (Å²) in [6, 6.07) is 8.93. The molecule has 0 aliphatic rings. The molecule has 1 aromatic carbocycles. The van der Waals surface area contributed by atoms with Gasteiger partial charge in [0.25, 0.3) is 0 Å². The highest BCUT2D eigenvalue weighted by Gasteiger charge is 2.24. The summed E-state index contributed by atoms with van der Waals surface area (Å²) in [4.78, 5) is 12.4. The van der Waals surface area contributed by atoms with Crippen LogP contribution in [-0.4, -0.2) is 28.6 Å². The van der Waals surface area contributed by atoms with E-state index in [-0.39, 0.29) is 11.3 Å². The van der Waals surface area contributed by atoms with Crippen molar-refractivity contribution in [2.45, 2.75) is 17.4 Å². The number of esters is 1. The molecule has 0 aliphatic carbocycles. The highest BCUT2D eigenvalue weighted by Crippen LogP contribution is 2.25. The Morgan fingerprint density at radius 2 is 1.91 bits per heavy atom. The fraction of sp³-hybridized carbons (Fsp3) is 0.267. The van der Waals surface area contributed by atoms with Crippen LogP contribution in [0.3, 0.4) is 0 Å². The Labute approximate surface area is 139 Å². The van der Waals surface area contributed by atoms with Crippen LogP contribution in [0.2, 0.25) is 0 Å². The van der Waals surface area contributed by atoms with Gasteiger partial charge in [-0.2, -0.15) is 0 Å². The van der Waals surface area contributed by atoms with Crippen LogP contribution in [0.25, 0.3) is 0 Å². The van der Waals surface area contributed by atoms with Crippen LogP contribution in [0, 0.1) is 0 Å². The molecule has 0 fully saturated rings. The van der Waals surface area contributed by atoms with Gasteiger partial charge in [-0.1, -0.05) is 6.07 Å². The number of carbonyl (C=O) groups is 1. The molecule has 0 saturated carbocycles. The number of rotatable bonds is 7. The topological polar surface area (TPSA) is 81.7 Å². The van der Waals surface area contributed by atoms with Crippen molar-refractivity contribution in [2.24, 2.45) is 0 Å². The van der Waals surface area contributed by atoms with E-state index in [0.717, 1.165) is 4.88 Å². The molecule has 1 atom stereocenters. The quantitative estimate of drug-likeness (QED) is 0.771. The number of carbonyl (C=O) groups excluding carboxylic acids is 1. The minimum absolute atomic E-state index is 0.0770. The fourth-order valence-corrected chi connectivity index (χ4v) is 4.02. The molecule has 0 bridgehead atoms. The van der Waals surface area contributed by atoms with E-state index >= 15 is 0 Å². The number of benzene rings is 1. The van der Waals surface area contributed by atoms with Gasteiger partial charge in [-0.05, 0) is 35.7 Å². The maximum absolute atomic E-state index is 12.5. The molecule has 0 radical (unpaired) electrons. The second-order valence-corrected chi connectivity index (χ2v) is 7.34. The highest BCUT2D eigenvalue weighted by molar-refractivity contribution is 7.89. The Bertz CT molecular complexity index is 739. The Hall–Kier alpha value is -1.90. The second-order valence-electron chi connectivity index (χ2n) is 4.65. The first-order valence-corrected chi connectivity index (χ1v) is 9.09. The minimum Gasteiger partial charge on any atom is -0.497 e. The molecule has 1 unspecified atom stereocenters. The molecule has 0 saturated heterocycles. The lowest BCUT2D eigenvalue weighted by Crippen LogP contribution is -2.30. The van der Waals surface area contributed by atoms with Crippen molar-refractivity contribution < 1.29 is 22.7 Å². The van der Waals surface area contributed by atoms with Gasteiger partial charge in [0.2, 0.25) is 10.0 Å². The average molecular weight is 355 g/mol. The number of thiophene rings is 1. The van der Waals surface area contributed by atoms with Crippen LogP contribution in [-0.2, 0) is 19.6 Å². The number of hydrogen-bond acceptors (Lipinski definition) is 6. The van der Waals surface area contributed by atoms with Gasteiger partial charge >= 0.3 is 5.97 Å². The third-order valence-electron chi connectivity index (χ3n) is 3.15. The summed E-state index contributed by atoms with van der Waals surface area (Å²) in [5.74, 6) is 0.0779. The maximum Gasteiger partial charge on any atom is 0.307 e. The predicted molar refractivity (Wildman–Crippen MR) is 87.0 cm³/mol. The van der Waals surface area contributed by atoms with Gasteiger partial charge in [0, 0.05) is 4.88 Å². The van der Waals surface area contributed by atoms with Crippen molar-refractivity contribution in [3.05, 3.63) is 46.7 Å². The van der Waals surface area contributed by atoms with E-state index in [1.165, 1.54) is 37.7 Å². The molecule has 23 heavy (non-hydrogen) atoms. The molecule has 8 heteroatoms. The molecule has 1 N–H and O–H groups in total.